The van der Waals surface area contributed by atoms with Crippen molar-refractivity contribution in [3.05, 3.63) is 94.5 Å². The maximum Gasteiger partial charge on any atom is 0.270 e. The quantitative estimate of drug-likeness (QED) is 0.306. The molecule has 1 N–H and O–H groups in total. The van der Waals surface area contributed by atoms with Gasteiger partial charge in [0, 0.05) is 18.7 Å². The maximum absolute atomic E-state index is 12.7. The number of benzene rings is 3. The molecule has 0 spiro atoms. The number of carbonyl (C=O) groups excluding carboxylic acids is 1. The number of carbonyl (C=O) groups is 1. The van der Waals surface area contributed by atoms with Gasteiger partial charge in [-0.3, -0.25) is 14.9 Å². The topological polar surface area (TPSA) is 116 Å². The molecule has 3 rings (SSSR count). The summed E-state index contributed by atoms with van der Waals surface area (Å²) in [5.41, 5.74) is -0.263. The van der Waals surface area contributed by atoms with Crippen LogP contribution in [0, 0.1) is 10.1 Å². The molecule has 0 bridgehead atoms. The Kier molecular flexibility index (Phi) is 6.99. The molecular formula is C22H20N2O6S. The zero-order chi connectivity index (χ0) is 22.3. The number of ether oxygens (including phenoxy) is 1. The molecular weight excluding hydrogens is 420 g/mol. The minimum atomic E-state index is -3.45. The normalized spacial score (nSPS) is 11.0. The maximum atomic E-state index is 12.7. The van der Waals surface area contributed by atoms with Crippen LogP contribution in [-0.4, -0.2) is 31.5 Å². The fourth-order valence-electron chi connectivity index (χ4n) is 2.82. The number of sulfone groups is 1. The third-order valence-corrected chi connectivity index (χ3v) is 6.18. The summed E-state index contributed by atoms with van der Waals surface area (Å²) in [6.45, 7) is 0.0817. The molecule has 31 heavy (non-hydrogen) atoms. The highest BCUT2D eigenvalue weighted by Gasteiger charge is 2.19. The lowest BCUT2D eigenvalue weighted by molar-refractivity contribution is -0.384. The van der Waals surface area contributed by atoms with Crippen LogP contribution in [0.3, 0.4) is 0 Å². The average molecular weight is 440 g/mol. The van der Waals surface area contributed by atoms with Gasteiger partial charge in [0.15, 0.2) is 9.84 Å². The van der Waals surface area contributed by atoms with Crippen molar-refractivity contribution >= 4 is 21.4 Å². The van der Waals surface area contributed by atoms with Gasteiger partial charge in [-0.05, 0) is 36.8 Å². The van der Waals surface area contributed by atoms with Gasteiger partial charge >= 0.3 is 0 Å². The van der Waals surface area contributed by atoms with Crippen molar-refractivity contribution in [2.75, 3.05) is 12.3 Å². The highest BCUT2D eigenvalue weighted by atomic mass is 32.2. The summed E-state index contributed by atoms with van der Waals surface area (Å²) in [5.74, 6) is -0.100. The first-order valence-electron chi connectivity index (χ1n) is 9.44. The van der Waals surface area contributed by atoms with Crippen molar-refractivity contribution in [3.8, 4) is 11.5 Å². The van der Waals surface area contributed by atoms with Crippen LogP contribution >= 0.6 is 0 Å². The van der Waals surface area contributed by atoms with Crippen molar-refractivity contribution in [3.63, 3.8) is 0 Å². The Hall–Kier alpha value is -3.72. The Morgan fingerprint density at radius 2 is 1.61 bits per heavy atom. The third kappa shape index (κ3) is 5.89. The number of nitro groups is 1. The summed E-state index contributed by atoms with van der Waals surface area (Å²) >= 11 is 0. The van der Waals surface area contributed by atoms with Crippen LogP contribution in [0.5, 0.6) is 11.5 Å². The van der Waals surface area contributed by atoms with Gasteiger partial charge < -0.3 is 10.1 Å². The number of nitrogens with one attached hydrogen (secondary N) is 1. The van der Waals surface area contributed by atoms with Crippen molar-refractivity contribution in [1.82, 2.24) is 5.32 Å². The van der Waals surface area contributed by atoms with Gasteiger partial charge in [0.2, 0.25) is 0 Å². The first-order chi connectivity index (χ1) is 14.9. The highest BCUT2D eigenvalue weighted by molar-refractivity contribution is 7.91. The van der Waals surface area contributed by atoms with E-state index in [1.807, 2.05) is 0 Å². The van der Waals surface area contributed by atoms with Crippen LogP contribution in [0.15, 0.2) is 83.8 Å². The Balaban J connectivity index is 1.68. The highest BCUT2D eigenvalue weighted by Crippen LogP contribution is 2.28. The lowest BCUT2D eigenvalue weighted by Gasteiger charge is -2.12. The Morgan fingerprint density at radius 3 is 2.26 bits per heavy atom. The number of amides is 1. The number of non-ortho nitro benzene ring substituents is 1. The molecule has 1 amide bonds. The molecule has 3 aromatic rings. The molecule has 0 aromatic heterocycles. The predicted molar refractivity (Wildman–Crippen MR) is 115 cm³/mol. The van der Waals surface area contributed by atoms with E-state index in [9.17, 15) is 23.3 Å². The zero-order valence-electron chi connectivity index (χ0n) is 16.4. The molecule has 0 aliphatic carbocycles. The second-order valence-corrected chi connectivity index (χ2v) is 8.70. The number of hydrogen-bond donors (Lipinski definition) is 1. The molecule has 0 aliphatic rings. The standard InChI is InChI=1S/C22H20N2O6S/c25-22(23-14-7-15-31(28,29)19-10-5-2-6-11-19)20-16-17(24(26)27)12-13-21(20)30-18-8-3-1-4-9-18/h1-6,8-13,16H,7,14-15H2,(H,23,25). The average Bonchev–Trinajstić information content (AvgIpc) is 2.78. The Labute approximate surface area is 179 Å². The van der Waals surface area contributed by atoms with Gasteiger partial charge in [-0.2, -0.15) is 0 Å². The summed E-state index contributed by atoms with van der Waals surface area (Å²) in [7, 11) is -3.45. The van der Waals surface area contributed by atoms with Crippen molar-refractivity contribution in [1.29, 1.82) is 0 Å². The van der Waals surface area contributed by atoms with E-state index in [0.717, 1.165) is 6.07 Å². The SMILES string of the molecule is O=C(NCCCS(=O)(=O)c1ccccc1)c1cc([N+](=O)[O-])ccc1Oc1ccccc1. The first kappa shape index (κ1) is 22.0. The summed E-state index contributed by atoms with van der Waals surface area (Å²) in [4.78, 5) is 23.4. The molecule has 8 nitrogen and oxygen atoms in total. The van der Waals surface area contributed by atoms with Gasteiger partial charge in [-0.15, -0.1) is 0 Å². The van der Waals surface area contributed by atoms with Crippen LogP contribution in [0.4, 0.5) is 5.69 Å². The Bertz CT molecular complexity index is 1170. The molecule has 0 radical (unpaired) electrons. The third-order valence-electron chi connectivity index (χ3n) is 4.37. The summed E-state index contributed by atoms with van der Waals surface area (Å²) in [6.07, 6.45) is 0.187. The lowest BCUT2D eigenvalue weighted by atomic mass is 10.1. The van der Waals surface area contributed by atoms with Crippen molar-refractivity contribution in [2.45, 2.75) is 11.3 Å². The van der Waals surface area contributed by atoms with Crippen LogP contribution in [0.1, 0.15) is 16.8 Å². The smallest absolute Gasteiger partial charge is 0.270 e. The van der Waals surface area contributed by atoms with Crippen molar-refractivity contribution in [2.24, 2.45) is 0 Å². The Morgan fingerprint density at radius 1 is 0.968 bits per heavy atom. The summed E-state index contributed by atoms with van der Waals surface area (Å²) in [5, 5.41) is 13.7. The van der Waals surface area contributed by atoms with E-state index in [2.05, 4.69) is 5.32 Å². The van der Waals surface area contributed by atoms with Crippen LogP contribution in [-0.2, 0) is 9.84 Å². The van der Waals surface area contributed by atoms with E-state index in [1.54, 1.807) is 48.5 Å². The molecule has 0 fully saturated rings. The molecule has 3 aromatic carbocycles. The van der Waals surface area contributed by atoms with E-state index >= 15 is 0 Å². The minimum Gasteiger partial charge on any atom is -0.457 e. The molecule has 0 heterocycles. The largest absolute Gasteiger partial charge is 0.457 e. The first-order valence-corrected chi connectivity index (χ1v) is 11.1. The molecule has 0 saturated heterocycles. The number of nitrogens with zero attached hydrogens (tertiary/aromatic N) is 1. The molecule has 0 saturated carbocycles. The fraction of sp³-hybridized carbons (Fsp3) is 0.136. The van der Waals surface area contributed by atoms with E-state index in [0.29, 0.717) is 5.75 Å². The van der Waals surface area contributed by atoms with Gasteiger partial charge in [0.25, 0.3) is 11.6 Å². The monoisotopic (exact) mass is 440 g/mol. The second kappa shape index (κ2) is 9.86. The van der Waals surface area contributed by atoms with E-state index in [-0.39, 0.29) is 40.6 Å². The van der Waals surface area contributed by atoms with E-state index in [4.69, 9.17) is 4.74 Å². The van der Waals surface area contributed by atoms with Gasteiger partial charge in [0.1, 0.15) is 11.5 Å². The van der Waals surface area contributed by atoms with Gasteiger partial charge in [-0.1, -0.05) is 36.4 Å². The molecule has 9 heteroatoms. The summed E-state index contributed by atoms with van der Waals surface area (Å²) in [6, 6.07) is 20.5. The second-order valence-electron chi connectivity index (χ2n) is 6.59. The number of nitro benzene ring substituents is 1. The molecule has 0 aliphatic heterocycles. The molecule has 0 unspecified atom stereocenters. The van der Waals surface area contributed by atoms with Gasteiger partial charge in [0.05, 0.1) is 21.1 Å². The minimum absolute atomic E-state index is 0.0102. The van der Waals surface area contributed by atoms with Crippen molar-refractivity contribution < 1.29 is 22.9 Å². The van der Waals surface area contributed by atoms with Crippen LogP contribution in [0.2, 0.25) is 0 Å². The van der Waals surface area contributed by atoms with E-state index < -0.39 is 20.7 Å². The van der Waals surface area contributed by atoms with Gasteiger partial charge in [-0.25, -0.2) is 8.42 Å². The summed E-state index contributed by atoms with van der Waals surface area (Å²) < 4.78 is 30.3. The lowest BCUT2D eigenvalue weighted by Crippen LogP contribution is -2.26. The number of rotatable bonds is 9. The number of hydrogen-bond acceptors (Lipinski definition) is 6. The fourth-order valence-corrected chi connectivity index (χ4v) is 4.15. The van der Waals surface area contributed by atoms with Crippen LogP contribution < -0.4 is 10.1 Å². The zero-order valence-corrected chi connectivity index (χ0v) is 17.2. The number of para-hydroxylation sites is 1. The molecule has 0 atom stereocenters. The van der Waals surface area contributed by atoms with E-state index in [1.165, 1.54) is 24.3 Å². The van der Waals surface area contributed by atoms with Crippen LogP contribution in [0.25, 0.3) is 0 Å². The molecule has 160 valence electrons. The predicted octanol–water partition coefficient (Wildman–Crippen LogP) is 3.98.